The molecule has 0 radical (unpaired) electrons. The topological polar surface area (TPSA) is 85.2 Å². The number of aliphatic hydroxyl groups is 1. The number of rotatable bonds is 5. The molecule has 96 valence electrons. The minimum absolute atomic E-state index is 0.109. The smallest absolute Gasteiger partial charge is 0.256 e. The van der Waals surface area contributed by atoms with Crippen LogP contribution in [0.25, 0.3) is 0 Å². The van der Waals surface area contributed by atoms with E-state index in [0.717, 1.165) is 11.0 Å². The molecule has 1 unspecified atom stereocenters. The summed E-state index contributed by atoms with van der Waals surface area (Å²) in [7, 11) is 0. The quantitative estimate of drug-likeness (QED) is 0.834. The minimum Gasteiger partial charge on any atom is -0.382 e. The van der Waals surface area contributed by atoms with E-state index in [9.17, 15) is 5.11 Å². The Bertz CT molecular complexity index is 339. The maximum absolute atomic E-state index is 9.43. The second-order valence-electron chi connectivity index (χ2n) is 4.37. The van der Waals surface area contributed by atoms with Gasteiger partial charge >= 0.3 is 0 Å². The summed E-state index contributed by atoms with van der Waals surface area (Å²) in [6, 6.07) is 0. The van der Waals surface area contributed by atoms with Crippen molar-refractivity contribution in [2.45, 2.75) is 49.2 Å². The molecule has 0 aromatic carbocycles. The van der Waals surface area contributed by atoms with Crippen LogP contribution in [0.4, 0.5) is 0 Å². The van der Waals surface area contributed by atoms with Gasteiger partial charge in [0.25, 0.3) is 5.89 Å². The van der Waals surface area contributed by atoms with Gasteiger partial charge in [0.05, 0.1) is 5.75 Å². The molecule has 1 aliphatic rings. The third-order valence-electron chi connectivity index (χ3n) is 2.99. The molecule has 1 saturated carbocycles. The fraction of sp³-hybridized carbons (Fsp3) is 0.818. The number of aromatic nitrogens is 2. The fourth-order valence-corrected chi connectivity index (χ4v) is 3.16. The normalized spacial score (nSPS) is 19.4. The van der Waals surface area contributed by atoms with E-state index < -0.39 is 6.10 Å². The molecular formula is C11H19N3O2S. The zero-order valence-electron chi connectivity index (χ0n) is 9.84. The van der Waals surface area contributed by atoms with E-state index in [1.54, 1.807) is 0 Å². The highest BCUT2D eigenvalue weighted by molar-refractivity contribution is 7.99. The Labute approximate surface area is 105 Å². The maximum atomic E-state index is 9.43. The van der Waals surface area contributed by atoms with E-state index in [1.165, 1.54) is 32.1 Å². The van der Waals surface area contributed by atoms with Gasteiger partial charge in [-0.2, -0.15) is 16.7 Å². The molecular weight excluding hydrogens is 238 g/mol. The van der Waals surface area contributed by atoms with E-state index in [-0.39, 0.29) is 12.4 Å². The molecule has 1 aromatic rings. The Balaban J connectivity index is 1.80. The predicted octanol–water partition coefficient (Wildman–Crippen LogP) is 1.63. The summed E-state index contributed by atoms with van der Waals surface area (Å²) in [4.78, 5) is 4.14. The van der Waals surface area contributed by atoms with Crippen LogP contribution in [-0.2, 0) is 5.75 Å². The lowest BCUT2D eigenvalue weighted by Crippen LogP contribution is -2.12. The van der Waals surface area contributed by atoms with Gasteiger partial charge in [-0.3, -0.25) is 0 Å². The van der Waals surface area contributed by atoms with E-state index in [2.05, 4.69) is 10.1 Å². The van der Waals surface area contributed by atoms with Crippen LogP contribution in [0, 0.1) is 0 Å². The van der Waals surface area contributed by atoms with Gasteiger partial charge in [-0.05, 0) is 12.8 Å². The molecule has 0 aliphatic heterocycles. The standard InChI is InChI=1S/C11H19N3O2S/c12-6-9(15)11-13-10(14-16-11)7-17-8-4-2-1-3-5-8/h8-9,15H,1-7,12H2. The summed E-state index contributed by atoms with van der Waals surface area (Å²) in [5.74, 6) is 1.64. The first-order valence-electron chi connectivity index (χ1n) is 6.12. The molecule has 0 amide bonds. The molecule has 1 heterocycles. The Morgan fingerprint density at radius 3 is 2.88 bits per heavy atom. The zero-order chi connectivity index (χ0) is 12.1. The van der Waals surface area contributed by atoms with Gasteiger partial charge in [0.15, 0.2) is 5.82 Å². The number of aliphatic hydroxyl groups excluding tert-OH is 1. The van der Waals surface area contributed by atoms with Crippen LogP contribution in [0.3, 0.4) is 0 Å². The molecule has 0 spiro atoms. The number of nitrogens with zero attached hydrogens (tertiary/aromatic N) is 2. The minimum atomic E-state index is -0.837. The third-order valence-corrected chi connectivity index (χ3v) is 4.36. The lowest BCUT2D eigenvalue weighted by molar-refractivity contribution is 0.141. The van der Waals surface area contributed by atoms with Gasteiger partial charge in [0, 0.05) is 11.8 Å². The van der Waals surface area contributed by atoms with Crippen LogP contribution in [0.5, 0.6) is 0 Å². The highest BCUT2D eigenvalue weighted by Gasteiger charge is 2.17. The van der Waals surface area contributed by atoms with Crippen molar-refractivity contribution in [1.82, 2.24) is 10.1 Å². The summed E-state index contributed by atoms with van der Waals surface area (Å²) in [6.07, 6.45) is 5.78. The van der Waals surface area contributed by atoms with Crippen LogP contribution < -0.4 is 5.73 Å². The van der Waals surface area contributed by atoms with Crippen LogP contribution >= 0.6 is 11.8 Å². The molecule has 0 saturated heterocycles. The largest absolute Gasteiger partial charge is 0.382 e. The lowest BCUT2D eigenvalue weighted by atomic mass is 10.0. The van der Waals surface area contributed by atoms with Crippen LogP contribution in [0.15, 0.2) is 4.52 Å². The monoisotopic (exact) mass is 257 g/mol. The summed E-state index contributed by atoms with van der Waals surface area (Å²) in [5.41, 5.74) is 5.32. The van der Waals surface area contributed by atoms with Crippen molar-refractivity contribution in [3.63, 3.8) is 0 Å². The van der Waals surface area contributed by atoms with Crippen LogP contribution in [0.2, 0.25) is 0 Å². The molecule has 1 fully saturated rings. The van der Waals surface area contributed by atoms with Gasteiger partial charge in [0.2, 0.25) is 0 Å². The summed E-state index contributed by atoms with van der Waals surface area (Å²) < 4.78 is 4.95. The van der Waals surface area contributed by atoms with Crippen molar-refractivity contribution in [2.75, 3.05) is 6.54 Å². The molecule has 1 atom stereocenters. The molecule has 5 nitrogen and oxygen atoms in total. The average molecular weight is 257 g/mol. The highest BCUT2D eigenvalue weighted by atomic mass is 32.2. The first-order valence-corrected chi connectivity index (χ1v) is 7.16. The Morgan fingerprint density at radius 2 is 2.18 bits per heavy atom. The van der Waals surface area contributed by atoms with Crippen LogP contribution in [-0.4, -0.2) is 27.0 Å². The van der Waals surface area contributed by atoms with Crippen molar-refractivity contribution in [1.29, 1.82) is 0 Å². The highest BCUT2D eigenvalue weighted by Crippen LogP contribution is 2.29. The predicted molar refractivity (Wildman–Crippen MR) is 66.5 cm³/mol. The molecule has 1 aromatic heterocycles. The van der Waals surface area contributed by atoms with E-state index in [0.29, 0.717) is 5.82 Å². The van der Waals surface area contributed by atoms with Gasteiger partial charge in [0.1, 0.15) is 6.10 Å². The van der Waals surface area contributed by atoms with E-state index in [4.69, 9.17) is 10.3 Å². The second kappa shape index (κ2) is 6.37. The van der Waals surface area contributed by atoms with Gasteiger partial charge in [-0.25, -0.2) is 0 Å². The fourth-order valence-electron chi connectivity index (χ4n) is 1.99. The van der Waals surface area contributed by atoms with Crippen molar-refractivity contribution in [3.8, 4) is 0 Å². The number of nitrogens with two attached hydrogens (primary N) is 1. The van der Waals surface area contributed by atoms with E-state index >= 15 is 0 Å². The zero-order valence-corrected chi connectivity index (χ0v) is 10.7. The Hall–Kier alpha value is -0.590. The van der Waals surface area contributed by atoms with Gasteiger partial charge < -0.3 is 15.4 Å². The third kappa shape index (κ3) is 3.69. The summed E-state index contributed by atoms with van der Waals surface area (Å²) in [6.45, 7) is 0.109. The van der Waals surface area contributed by atoms with Crippen molar-refractivity contribution < 1.29 is 9.63 Å². The molecule has 2 rings (SSSR count). The van der Waals surface area contributed by atoms with Crippen LogP contribution in [0.1, 0.15) is 49.9 Å². The number of hydrogen-bond donors (Lipinski definition) is 2. The summed E-state index contributed by atoms with van der Waals surface area (Å²) in [5, 5.41) is 14.0. The van der Waals surface area contributed by atoms with E-state index in [1.807, 2.05) is 11.8 Å². The maximum Gasteiger partial charge on any atom is 0.256 e. The molecule has 1 aliphatic carbocycles. The molecule has 6 heteroatoms. The van der Waals surface area contributed by atoms with Crippen molar-refractivity contribution in [2.24, 2.45) is 5.73 Å². The SMILES string of the molecule is NCC(O)c1nc(CSC2CCCCC2)no1. The average Bonchev–Trinajstić information content (AvgIpc) is 2.85. The first-order chi connectivity index (χ1) is 8.29. The molecule has 0 bridgehead atoms. The molecule has 3 N–H and O–H groups in total. The first kappa shape index (κ1) is 12.9. The second-order valence-corrected chi connectivity index (χ2v) is 5.66. The Kier molecular flexibility index (Phi) is 4.82. The van der Waals surface area contributed by atoms with Crippen molar-refractivity contribution >= 4 is 11.8 Å². The summed E-state index contributed by atoms with van der Waals surface area (Å²) >= 11 is 1.89. The lowest BCUT2D eigenvalue weighted by Gasteiger charge is -2.19. The number of hydrogen-bond acceptors (Lipinski definition) is 6. The van der Waals surface area contributed by atoms with Gasteiger partial charge in [-0.1, -0.05) is 24.4 Å². The van der Waals surface area contributed by atoms with Crippen molar-refractivity contribution in [3.05, 3.63) is 11.7 Å². The molecule has 17 heavy (non-hydrogen) atoms. The van der Waals surface area contributed by atoms with Gasteiger partial charge in [-0.15, -0.1) is 0 Å². The number of thioether (sulfide) groups is 1. The Morgan fingerprint density at radius 1 is 1.41 bits per heavy atom.